The van der Waals surface area contributed by atoms with Crippen LogP contribution < -0.4 is 10.1 Å². The average Bonchev–Trinajstić information content (AvgIpc) is 3.72. The molecular weight excluding hydrogens is 504 g/mol. The molecule has 182 valence electrons. The van der Waals surface area contributed by atoms with Gasteiger partial charge in [-0.25, -0.2) is 0 Å². The van der Waals surface area contributed by atoms with Gasteiger partial charge in [-0.15, -0.1) is 0 Å². The maximum atomic E-state index is 13.7. The van der Waals surface area contributed by atoms with Crippen LogP contribution in [0.25, 0.3) is 0 Å². The first-order chi connectivity index (χ1) is 17.0. The zero-order valence-electron chi connectivity index (χ0n) is 20.1. The molecule has 3 aromatic carbocycles. The lowest BCUT2D eigenvalue weighted by molar-refractivity contribution is -0.142. The van der Waals surface area contributed by atoms with Crippen molar-refractivity contribution in [2.75, 3.05) is 7.11 Å². The van der Waals surface area contributed by atoms with Crippen LogP contribution in [0.3, 0.4) is 0 Å². The highest BCUT2D eigenvalue weighted by molar-refractivity contribution is 9.10. The van der Waals surface area contributed by atoms with Crippen molar-refractivity contribution in [1.29, 1.82) is 0 Å². The molecule has 0 saturated heterocycles. The largest absolute Gasteiger partial charge is 0.497 e. The highest BCUT2D eigenvalue weighted by Crippen LogP contribution is 2.37. The Morgan fingerprint density at radius 2 is 1.60 bits per heavy atom. The molecule has 0 radical (unpaired) electrons. The summed E-state index contributed by atoms with van der Waals surface area (Å²) in [5.74, 6) is 0.650. The van der Waals surface area contributed by atoms with Crippen molar-refractivity contribution < 1.29 is 14.3 Å². The second-order valence-electron chi connectivity index (χ2n) is 9.07. The van der Waals surface area contributed by atoms with Gasteiger partial charge in [0.25, 0.3) is 0 Å². The van der Waals surface area contributed by atoms with E-state index in [0.29, 0.717) is 13.0 Å². The number of rotatable bonds is 10. The van der Waals surface area contributed by atoms with Gasteiger partial charge in [-0.05, 0) is 59.7 Å². The standard InChI is InChI=1S/C29H31BrN2O3/c1-20(22-10-16-26(35-2)17-11-22)18-27(33)32(25-14-15-25)28(23-8-12-24(30)13-9-23)29(34)31-19-21-6-4-3-5-7-21/h3-13,16-17,20,25,28H,14-15,18-19H2,1-2H3,(H,31,34)/t20-,28?/m1/s1. The number of carbonyl (C=O) groups excluding carboxylic acids is 2. The average molecular weight is 535 g/mol. The summed E-state index contributed by atoms with van der Waals surface area (Å²) in [6.07, 6.45) is 2.17. The van der Waals surface area contributed by atoms with E-state index in [0.717, 1.165) is 39.8 Å². The number of nitrogens with zero attached hydrogens (tertiary/aromatic N) is 1. The van der Waals surface area contributed by atoms with E-state index in [4.69, 9.17) is 4.74 Å². The lowest BCUT2D eigenvalue weighted by atomic mass is 9.95. The summed E-state index contributed by atoms with van der Waals surface area (Å²) in [7, 11) is 1.64. The molecule has 1 aliphatic rings. The summed E-state index contributed by atoms with van der Waals surface area (Å²) in [5, 5.41) is 3.07. The van der Waals surface area contributed by atoms with Crippen LogP contribution >= 0.6 is 15.9 Å². The molecule has 0 aromatic heterocycles. The molecule has 3 aromatic rings. The third-order valence-corrected chi connectivity index (χ3v) is 6.94. The van der Waals surface area contributed by atoms with Crippen molar-refractivity contribution >= 4 is 27.7 Å². The Bertz CT molecular complexity index is 1130. The number of carbonyl (C=O) groups is 2. The first-order valence-corrected chi connectivity index (χ1v) is 12.8. The third kappa shape index (κ3) is 6.51. The van der Waals surface area contributed by atoms with Crippen LogP contribution in [0.2, 0.25) is 0 Å². The molecular formula is C29H31BrN2O3. The van der Waals surface area contributed by atoms with Crippen molar-refractivity contribution in [3.05, 3.63) is 100 Å². The van der Waals surface area contributed by atoms with Crippen LogP contribution in [0, 0.1) is 0 Å². The molecule has 4 rings (SSSR count). The molecule has 1 N–H and O–H groups in total. The van der Waals surface area contributed by atoms with Gasteiger partial charge in [0.15, 0.2) is 0 Å². The van der Waals surface area contributed by atoms with E-state index < -0.39 is 6.04 Å². The van der Waals surface area contributed by atoms with E-state index >= 15 is 0 Å². The van der Waals surface area contributed by atoms with E-state index in [2.05, 4.69) is 28.2 Å². The molecule has 0 spiro atoms. The Kier molecular flexibility index (Phi) is 8.24. The summed E-state index contributed by atoms with van der Waals surface area (Å²) in [5.41, 5.74) is 2.91. The van der Waals surface area contributed by atoms with Crippen LogP contribution in [0.4, 0.5) is 0 Å². The SMILES string of the molecule is COc1ccc([C@H](C)CC(=O)N(C2CC2)C(C(=O)NCc2ccccc2)c2ccc(Br)cc2)cc1. The minimum atomic E-state index is -0.671. The molecule has 1 fully saturated rings. The lowest BCUT2D eigenvalue weighted by Crippen LogP contribution is -2.45. The molecule has 0 heterocycles. The predicted molar refractivity (Wildman–Crippen MR) is 141 cm³/mol. The molecule has 35 heavy (non-hydrogen) atoms. The van der Waals surface area contributed by atoms with Crippen LogP contribution in [0.15, 0.2) is 83.3 Å². The zero-order chi connectivity index (χ0) is 24.8. The Morgan fingerprint density at radius 1 is 0.971 bits per heavy atom. The van der Waals surface area contributed by atoms with E-state index in [1.54, 1.807) is 7.11 Å². The van der Waals surface area contributed by atoms with Gasteiger partial charge in [0, 0.05) is 23.5 Å². The maximum Gasteiger partial charge on any atom is 0.247 e. The van der Waals surface area contributed by atoms with Gasteiger partial charge in [0.05, 0.1) is 7.11 Å². The maximum absolute atomic E-state index is 13.7. The van der Waals surface area contributed by atoms with E-state index in [9.17, 15) is 9.59 Å². The van der Waals surface area contributed by atoms with Crippen LogP contribution in [0.5, 0.6) is 5.75 Å². The monoisotopic (exact) mass is 534 g/mol. The second kappa shape index (κ2) is 11.5. The number of ether oxygens (including phenoxy) is 1. The Hall–Kier alpha value is -3.12. The Labute approximate surface area is 215 Å². The number of hydrogen-bond donors (Lipinski definition) is 1. The number of halogens is 1. The van der Waals surface area contributed by atoms with Gasteiger partial charge in [-0.1, -0.05) is 77.5 Å². The number of amides is 2. The molecule has 6 heteroatoms. The summed E-state index contributed by atoms with van der Waals surface area (Å²) < 4.78 is 6.19. The van der Waals surface area contributed by atoms with E-state index in [1.807, 2.05) is 83.8 Å². The number of hydrogen-bond acceptors (Lipinski definition) is 3. The van der Waals surface area contributed by atoms with Gasteiger partial charge in [-0.2, -0.15) is 0 Å². The summed E-state index contributed by atoms with van der Waals surface area (Å²) in [6, 6.07) is 24.7. The number of methoxy groups -OCH3 is 1. The molecule has 1 saturated carbocycles. The highest BCUT2D eigenvalue weighted by atomic mass is 79.9. The van der Waals surface area contributed by atoms with Crippen LogP contribution in [-0.4, -0.2) is 29.9 Å². The van der Waals surface area contributed by atoms with Gasteiger partial charge >= 0.3 is 0 Å². The highest BCUT2D eigenvalue weighted by Gasteiger charge is 2.41. The fourth-order valence-corrected chi connectivity index (χ4v) is 4.56. The number of nitrogens with one attached hydrogen (secondary N) is 1. The van der Waals surface area contributed by atoms with Crippen molar-refractivity contribution in [2.24, 2.45) is 0 Å². The van der Waals surface area contributed by atoms with E-state index in [-0.39, 0.29) is 23.8 Å². The van der Waals surface area contributed by atoms with Crippen LogP contribution in [-0.2, 0) is 16.1 Å². The van der Waals surface area contributed by atoms with Crippen molar-refractivity contribution in [2.45, 2.75) is 50.7 Å². The second-order valence-corrected chi connectivity index (χ2v) is 9.98. The lowest BCUT2D eigenvalue weighted by Gasteiger charge is -2.32. The Morgan fingerprint density at radius 3 is 2.20 bits per heavy atom. The van der Waals surface area contributed by atoms with Gasteiger partial charge < -0.3 is 15.0 Å². The van der Waals surface area contributed by atoms with Crippen molar-refractivity contribution in [1.82, 2.24) is 10.2 Å². The fourth-order valence-electron chi connectivity index (χ4n) is 4.29. The molecule has 0 aliphatic heterocycles. The topological polar surface area (TPSA) is 58.6 Å². The summed E-state index contributed by atoms with van der Waals surface area (Å²) in [4.78, 5) is 29.1. The van der Waals surface area contributed by atoms with Crippen molar-refractivity contribution in [3.8, 4) is 5.75 Å². The number of benzene rings is 3. The van der Waals surface area contributed by atoms with E-state index in [1.165, 1.54) is 0 Å². The smallest absolute Gasteiger partial charge is 0.247 e. The molecule has 1 unspecified atom stereocenters. The Balaban J connectivity index is 1.56. The summed E-state index contributed by atoms with van der Waals surface area (Å²) in [6.45, 7) is 2.47. The molecule has 5 nitrogen and oxygen atoms in total. The molecule has 0 bridgehead atoms. The summed E-state index contributed by atoms with van der Waals surface area (Å²) >= 11 is 3.48. The van der Waals surface area contributed by atoms with Gasteiger partial charge in [0.1, 0.15) is 11.8 Å². The van der Waals surface area contributed by atoms with Crippen molar-refractivity contribution in [3.63, 3.8) is 0 Å². The predicted octanol–water partition coefficient (Wildman–Crippen LogP) is 6.00. The minimum absolute atomic E-state index is 0.00130. The minimum Gasteiger partial charge on any atom is -0.497 e. The third-order valence-electron chi connectivity index (χ3n) is 6.42. The molecule has 2 amide bonds. The first kappa shape index (κ1) is 25.0. The van der Waals surface area contributed by atoms with Gasteiger partial charge in [-0.3, -0.25) is 9.59 Å². The quantitative estimate of drug-likeness (QED) is 0.347. The van der Waals surface area contributed by atoms with Crippen LogP contribution in [0.1, 0.15) is 54.8 Å². The van der Waals surface area contributed by atoms with Gasteiger partial charge in [0.2, 0.25) is 11.8 Å². The normalized spacial score (nSPS) is 14.6. The first-order valence-electron chi connectivity index (χ1n) is 12.0. The fraction of sp³-hybridized carbons (Fsp3) is 0.310. The zero-order valence-corrected chi connectivity index (χ0v) is 21.7. The molecule has 2 atom stereocenters. The molecule has 1 aliphatic carbocycles.